The molecule has 2 heterocycles. The van der Waals surface area contributed by atoms with E-state index >= 15 is 0 Å². The van der Waals surface area contributed by atoms with Crippen LogP contribution in [0.5, 0.6) is 5.75 Å². The molecule has 0 amide bonds. The fraction of sp³-hybridized carbons (Fsp3) is 0.412. The number of methoxy groups -OCH3 is 1. The van der Waals surface area contributed by atoms with Crippen LogP contribution < -0.4 is 10.1 Å². The predicted octanol–water partition coefficient (Wildman–Crippen LogP) is 3.40. The lowest BCUT2D eigenvalue weighted by Gasteiger charge is -2.19. The number of aromatic nitrogens is 2. The van der Waals surface area contributed by atoms with Gasteiger partial charge in [-0.2, -0.15) is 0 Å². The zero-order valence-electron chi connectivity index (χ0n) is 13.3. The van der Waals surface area contributed by atoms with E-state index in [9.17, 15) is 4.39 Å². The number of hydrogen-bond acceptors (Lipinski definition) is 5. The first-order valence-electron chi connectivity index (χ1n) is 7.68. The summed E-state index contributed by atoms with van der Waals surface area (Å²) >= 11 is 0. The maximum absolute atomic E-state index is 13.4. The van der Waals surface area contributed by atoms with Crippen molar-refractivity contribution in [1.29, 1.82) is 0 Å². The Kier molecular flexibility index (Phi) is 4.71. The summed E-state index contributed by atoms with van der Waals surface area (Å²) in [5.41, 5.74) is 1.83. The number of aryl methyl sites for hydroxylation is 1. The maximum Gasteiger partial charge on any atom is 0.156 e. The highest BCUT2D eigenvalue weighted by Gasteiger charge is 2.21. The molecule has 6 heteroatoms. The first-order chi connectivity index (χ1) is 11.2. The van der Waals surface area contributed by atoms with E-state index in [1.165, 1.54) is 12.1 Å². The zero-order valence-corrected chi connectivity index (χ0v) is 13.3. The monoisotopic (exact) mass is 317 g/mol. The van der Waals surface area contributed by atoms with Crippen molar-refractivity contribution in [2.24, 2.45) is 0 Å². The molecule has 5 nitrogen and oxygen atoms in total. The number of nitrogens with zero attached hydrogens (tertiary/aromatic N) is 2. The van der Waals surface area contributed by atoms with E-state index < -0.39 is 0 Å². The molecule has 1 aliphatic rings. The number of halogens is 1. The standard InChI is InChI=1S/C17H20FN3O2/c1-11-8-16(21-17(19-11)10-22-2)20-14-4-3-7-23-15-9-12(18)5-6-13(14)15/h5-6,8-9,14H,3-4,7,10H2,1-2H3,(H,19,20,21)/t14-/m0/s1. The largest absolute Gasteiger partial charge is 0.493 e. The van der Waals surface area contributed by atoms with Gasteiger partial charge in [-0.25, -0.2) is 14.4 Å². The van der Waals surface area contributed by atoms with Gasteiger partial charge in [0.1, 0.15) is 24.0 Å². The van der Waals surface area contributed by atoms with Gasteiger partial charge in [0.05, 0.1) is 12.6 Å². The molecular weight excluding hydrogens is 297 g/mol. The van der Waals surface area contributed by atoms with Crippen LogP contribution in [0.2, 0.25) is 0 Å². The number of anilines is 1. The topological polar surface area (TPSA) is 56.3 Å². The summed E-state index contributed by atoms with van der Waals surface area (Å²) in [6.45, 7) is 2.88. The average molecular weight is 317 g/mol. The summed E-state index contributed by atoms with van der Waals surface area (Å²) in [4.78, 5) is 8.82. The van der Waals surface area contributed by atoms with E-state index in [-0.39, 0.29) is 11.9 Å². The van der Waals surface area contributed by atoms with Gasteiger partial charge in [-0.05, 0) is 25.8 Å². The van der Waals surface area contributed by atoms with Crippen LogP contribution in [-0.2, 0) is 11.3 Å². The van der Waals surface area contributed by atoms with Gasteiger partial charge in [0.25, 0.3) is 0 Å². The van der Waals surface area contributed by atoms with Gasteiger partial charge < -0.3 is 14.8 Å². The fourth-order valence-electron chi connectivity index (χ4n) is 2.77. The Balaban J connectivity index is 1.88. The molecule has 2 aromatic rings. The predicted molar refractivity (Wildman–Crippen MR) is 85.0 cm³/mol. The first kappa shape index (κ1) is 15.7. The molecule has 0 aliphatic carbocycles. The van der Waals surface area contributed by atoms with Gasteiger partial charge in [0.2, 0.25) is 0 Å². The van der Waals surface area contributed by atoms with Gasteiger partial charge in [0, 0.05) is 30.5 Å². The molecule has 3 rings (SSSR count). The summed E-state index contributed by atoms with van der Waals surface area (Å²) in [5, 5.41) is 3.43. The summed E-state index contributed by atoms with van der Waals surface area (Å²) in [6, 6.07) is 6.60. The highest BCUT2D eigenvalue weighted by Crippen LogP contribution is 2.34. The molecule has 122 valence electrons. The van der Waals surface area contributed by atoms with Gasteiger partial charge in [0.15, 0.2) is 5.82 Å². The van der Waals surface area contributed by atoms with Crippen LogP contribution in [0.15, 0.2) is 24.3 Å². The summed E-state index contributed by atoms with van der Waals surface area (Å²) in [6.07, 6.45) is 1.78. The quantitative estimate of drug-likeness (QED) is 0.936. The van der Waals surface area contributed by atoms with Crippen molar-refractivity contribution >= 4 is 5.82 Å². The lowest BCUT2D eigenvalue weighted by Crippen LogP contribution is -2.13. The number of nitrogens with one attached hydrogen (secondary N) is 1. The number of fused-ring (bicyclic) bond motifs is 1. The Hall–Kier alpha value is -2.21. The molecule has 1 N–H and O–H groups in total. The molecule has 0 unspecified atom stereocenters. The van der Waals surface area contributed by atoms with E-state index in [2.05, 4.69) is 15.3 Å². The molecule has 1 aliphatic heterocycles. The lowest BCUT2D eigenvalue weighted by molar-refractivity contribution is 0.177. The Labute approximate surface area is 134 Å². The summed E-state index contributed by atoms with van der Waals surface area (Å²) < 4.78 is 24.2. The number of ether oxygens (including phenoxy) is 2. The third-order valence-corrected chi connectivity index (χ3v) is 3.74. The van der Waals surface area contributed by atoms with Crippen LogP contribution in [0.1, 0.15) is 36.0 Å². The minimum absolute atomic E-state index is 0.0257. The lowest BCUT2D eigenvalue weighted by atomic mass is 10.0. The highest BCUT2D eigenvalue weighted by molar-refractivity contribution is 5.44. The smallest absolute Gasteiger partial charge is 0.156 e. The molecule has 1 aromatic carbocycles. The number of rotatable bonds is 4. The fourth-order valence-corrected chi connectivity index (χ4v) is 2.77. The molecule has 1 atom stereocenters. The Bertz CT molecular complexity index is 694. The number of hydrogen-bond donors (Lipinski definition) is 1. The molecule has 0 bridgehead atoms. The molecular formula is C17H20FN3O2. The van der Waals surface area contributed by atoms with E-state index in [0.29, 0.717) is 24.8 Å². The third-order valence-electron chi connectivity index (χ3n) is 3.74. The molecule has 0 saturated carbocycles. The van der Waals surface area contributed by atoms with Crippen LogP contribution in [0.3, 0.4) is 0 Å². The second-order valence-electron chi connectivity index (χ2n) is 5.61. The molecule has 0 spiro atoms. The summed E-state index contributed by atoms with van der Waals surface area (Å²) in [7, 11) is 1.62. The molecule has 0 saturated heterocycles. The van der Waals surface area contributed by atoms with Crippen molar-refractivity contribution in [3.05, 3.63) is 47.2 Å². The molecule has 23 heavy (non-hydrogen) atoms. The van der Waals surface area contributed by atoms with Crippen LogP contribution in [0.4, 0.5) is 10.2 Å². The van der Waals surface area contributed by atoms with Crippen molar-refractivity contribution in [3.63, 3.8) is 0 Å². The summed E-state index contributed by atoms with van der Waals surface area (Å²) in [5.74, 6) is 1.69. The van der Waals surface area contributed by atoms with Gasteiger partial charge in [-0.15, -0.1) is 0 Å². The van der Waals surface area contributed by atoms with E-state index in [1.807, 2.05) is 13.0 Å². The van der Waals surface area contributed by atoms with Crippen LogP contribution in [0.25, 0.3) is 0 Å². The van der Waals surface area contributed by atoms with Crippen LogP contribution in [0, 0.1) is 12.7 Å². The minimum atomic E-state index is -0.287. The van der Waals surface area contributed by atoms with E-state index in [1.54, 1.807) is 13.2 Å². The first-order valence-corrected chi connectivity index (χ1v) is 7.68. The van der Waals surface area contributed by atoms with Crippen LogP contribution >= 0.6 is 0 Å². The Morgan fingerprint density at radius 1 is 1.35 bits per heavy atom. The van der Waals surface area contributed by atoms with Crippen molar-refractivity contribution in [2.45, 2.75) is 32.4 Å². The van der Waals surface area contributed by atoms with E-state index in [4.69, 9.17) is 9.47 Å². The van der Waals surface area contributed by atoms with E-state index in [0.717, 1.165) is 29.9 Å². The van der Waals surface area contributed by atoms with Gasteiger partial charge in [-0.1, -0.05) is 6.07 Å². The minimum Gasteiger partial charge on any atom is -0.493 e. The van der Waals surface area contributed by atoms with Gasteiger partial charge >= 0.3 is 0 Å². The van der Waals surface area contributed by atoms with Crippen LogP contribution in [-0.4, -0.2) is 23.7 Å². The maximum atomic E-state index is 13.4. The SMILES string of the molecule is COCc1nc(C)cc(N[C@H]2CCCOc3cc(F)ccc32)n1. The van der Waals surface area contributed by atoms with Crippen molar-refractivity contribution in [2.75, 3.05) is 19.0 Å². The third kappa shape index (κ3) is 3.76. The Morgan fingerprint density at radius 3 is 3.04 bits per heavy atom. The molecule has 1 aromatic heterocycles. The zero-order chi connectivity index (χ0) is 16.2. The average Bonchev–Trinajstić information content (AvgIpc) is 2.69. The highest BCUT2D eigenvalue weighted by atomic mass is 19.1. The number of benzene rings is 1. The molecule has 0 fully saturated rings. The van der Waals surface area contributed by atoms with Crippen molar-refractivity contribution < 1.29 is 13.9 Å². The second-order valence-corrected chi connectivity index (χ2v) is 5.61. The van der Waals surface area contributed by atoms with Crippen molar-refractivity contribution in [3.8, 4) is 5.75 Å². The second kappa shape index (κ2) is 6.91. The van der Waals surface area contributed by atoms with Crippen molar-refractivity contribution in [1.82, 2.24) is 9.97 Å². The molecule has 0 radical (unpaired) electrons. The normalized spacial score (nSPS) is 17.1. The Morgan fingerprint density at radius 2 is 2.22 bits per heavy atom. The van der Waals surface area contributed by atoms with Gasteiger partial charge in [-0.3, -0.25) is 0 Å².